The first-order valence-electron chi connectivity index (χ1n) is 6.08. The van der Waals surface area contributed by atoms with Crippen LogP contribution in [0.2, 0.25) is 5.02 Å². The quantitative estimate of drug-likeness (QED) is 0.620. The maximum atomic E-state index is 6.00. The lowest BCUT2D eigenvalue weighted by Gasteiger charge is -2.20. The van der Waals surface area contributed by atoms with Crippen LogP contribution in [0.15, 0.2) is 21.1 Å². The molecule has 1 aliphatic carbocycles. The van der Waals surface area contributed by atoms with E-state index in [2.05, 4.69) is 37.2 Å². The van der Waals surface area contributed by atoms with Crippen LogP contribution in [0.3, 0.4) is 0 Å². The molecule has 2 rings (SSSR count). The SMILES string of the molecule is Clc1cc(Br)c(NC2CCCCCC2)c(Br)c1. The van der Waals surface area contributed by atoms with Crippen LogP contribution >= 0.6 is 43.5 Å². The number of hydrogen-bond acceptors (Lipinski definition) is 1. The predicted molar refractivity (Wildman–Crippen MR) is 82.0 cm³/mol. The molecule has 0 heterocycles. The number of hydrogen-bond donors (Lipinski definition) is 1. The lowest BCUT2D eigenvalue weighted by Crippen LogP contribution is -2.18. The summed E-state index contributed by atoms with van der Waals surface area (Å²) in [4.78, 5) is 0. The third kappa shape index (κ3) is 3.87. The number of rotatable bonds is 2. The molecule has 0 amide bonds. The molecule has 1 aromatic rings. The Morgan fingerprint density at radius 3 is 2.06 bits per heavy atom. The van der Waals surface area contributed by atoms with E-state index >= 15 is 0 Å². The Hall–Kier alpha value is 0.270. The molecule has 0 aliphatic heterocycles. The highest BCUT2D eigenvalue weighted by Crippen LogP contribution is 2.35. The van der Waals surface area contributed by atoms with Crippen LogP contribution in [0, 0.1) is 0 Å². The Kier molecular flexibility index (Phi) is 5.19. The fourth-order valence-electron chi connectivity index (χ4n) is 2.31. The van der Waals surface area contributed by atoms with E-state index in [1.165, 1.54) is 38.5 Å². The van der Waals surface area contributed by atoms with E-state index in [1.807, 2.05) is 12.1 Å². The van der Waals surface area contributed by atoms with Crippen molar-refractivity contribution in [3.05, 3.63) is 26.1 Å². The fraction of sp³-hybridized carbons (Fsp3) is 0.538. The predicted octanol–water partition coefficient (Wildman–Crippen LogP) is 6.00. The molecule has 1 saturated carbocycles. The van der Waals surface area contributed by atoms with E-state index in [-0.39, 0.29) is 0 Å². The third-order valence-corrected chi connectivity index (χ3v) is 4.68. The summed E-state index contributed by atoms with van der Waals surface area (Å²) in [7, 11) is 0. The largest absolute Gasteiger partial charge is 0.380 e. The van der Waals surface area contributed by atoms with Gasteiger partial charge in [0.1, 0.15) is 0 Å². The van der Waals surface area contributed by atoms with Gasteiger partial charge in [-0.15, -0.1) is 0 Å². The zero-order valence-electron chi connectivity index (χ0n) is 9.61. The first-order chi connectivity index (χ1) is 8.16. The van der Waals surface area contributed by atoms with Gasteiger partial charge in [-0.2, -0.15) is 0 Å². The minimum Gasteiger partial charge on any atom is -0.380 e. The van der Waals surface area contributed by atoms with Crippen molar-refractivity contribution in [3.63, 3.8) is 0 Å². The van der Waals surface area contributed by atoms with Crippen LogP contribution in [-0.2, 0) is 0 Å². The smallest absolute Gasteiger partial charge is 0.0632 e. The molecular formula is C13H16Br2ClN. The van der Waals surface area contributed by atoms with Gasteiger partial charge in [0.2, 0.25) is 0 Å². The van der Waals surface area contributed by atoms with Crippen molar-refractivity contribution in [2.75, 3.05) is 5.32 Å². The van der Waals surface area contributed by atoms with E-state index in [4.69, 9.17) is 11.6 Å². The average Bonchev–Trinajstić information content (AvgIpc) is 2.51. The second kappa shape index (κ2) is 6.44. The van der Waals surface area contributed by atoms with Crippen LogP contribution in [0.5, 0.6) is 0 Å². The van der Waals surface area contributed by atoms with E-state index in [9.17, 15) is 0 Å². The van der Waals surface area contributed by atoms with Crippen LogP contribution in [-0.4, -0.2) is 6.04 Å². The summed E-state index contributed by atoms with van der Waals surface area (Å²) in [6.07, 6.45) is 7.95. The lowest BCUT2D eigenvalue weighted by atomic mass is 10.1. The van der Waals surface area contributed by atoms with Gasteiger partial charge in [-0.05, 0) is 56.8 Å². The fourth-order valence-corrected chi connectivity index (χ4v) is 4.21. The number of benzene rings is 1. The molecule has 0 unspecified atom stereocenters. The zero-order valence-corrected chi connectivity index (χ0v) is 13.5. The van der Waals surface area contributed by atoms with Crippen molar-refractivity contribution in [3.8, 4) is 0 Å². The highest BCUT2D eigenvalue weighted by molar-refractivity contribution is 9.11. The standard InChI is InChI=1S/C13H16Br2ClN/c14-11-7-9(16)8-12(15)13(11)17-10-5-3-1-2-4-6-10/h7-8,10,17H,1-6H2. The maximum Gasteiger partial charge on any atom is 0.0632 e. The van der Waals surface area contributed by atoms with Crippen molar-refractivity contribution in [1.29, 1.82) is 0 Å². The molecule has 1 aliphatic rings. The molecule has 17 heavy (non-hydrogen) atoms. The van der Waals surface area contributed by atoms with Crippen molar-refractivity contribution < 1.29 is 0 Å². The molecule has 0 saturated heterocycles. The molecular weight excluding hydrogens is 365 g/mol. The van der Waals surface area contributed by atoms with Gasteiger partial charge in [-0.3, -0.25) is 0 Å². The molecule has 0 atom stereocenters. The Balaban J connectivity index is 2.11. The number of nitrogens with one attached hydrogen (secondary N) is 1. The zero-order chi connectivity index (χ0) is 12.3. The summed E-state index contributed by atoms with van der Waals surface area (Å²) in [5, 5.41) is 4.38. The summed E-state index contributed by atoms with van der Waals surface area (Å²) in [5.41, 5.74) is 1.13. The second-order valence-electron chi connectivity index (χ2n) is 4.58. The normalized spacial score (nSPS) is 17.8. The van der Waals surface area contributed by atoms with E-state index in [1.54, 1.807) is 0 Å². The molecule has 1 aromatic carbocycles. The van der Waals surface area contributed by atoms with Gasteiger partial charge < -0.3 is 5.32 Å². The van der Waals surface area contributed by atoms with Crippen LogP contribution < -0.4 is 5.32 Å². The van der Waals surface area contributed by atoms with E-state index in [0.717, 1.165) is 19.7 Å². The van der Waals surface area contributed by atoms with Crippen molar-refractivity contribution in [2.45, 2.75) is 44.6 Å². The first kappa shape index (κ1) is 13.7. The van der Waals surface area contributed by atoms with Crippen LogP contribution in [0.4, 0.5) is 5.69 Å². The number of anilines is 1. The molecule has 0 bridgehead atoms. The Morgan fingerprint density at radius 1 is 1.00 bits per heavy atom. The van der Waals surface area contributed by atoms with E-state index in [0.29, 0.717) is 6.04 Å². The summed E-state index contributed by atoms with van der Waals surface area (Å²) in [5.74, 6) is 0. The van der Waals surface area contributed by atoms with Gasteiger partial charge in [0.05, 0.1) is 5.69 Å². The molecule has 94 valence electrons. The average molecular weight is 382 g/mol. The lowest BCUT2D eigenvalue weighted by molar-refractivity contribution is 0.619. The van der Waals surface area contributed by atoms with Gasteiger partial charge in [0.25, 0.3) is 0 Å². The van der Waals surface area contributed by atoms with Crippen molar-refractivity contribution in [2.24, 2.45) is 0 Å². The van der Waals surface area contributed by atoms with Gasteiger partial charge in [-0.1, -0.05) is 37.3 Å². The minimum absolute atomic E-state index is 0.589. The molecule has 0 aromatic heterocycles. The van der Waals surface area contributed by atoms with E-state index < -0.39 is 0 Å². The first-order valence-corrected chi connectivity index (χ1v) is 8.04. The van der Waals surface area contributed by atoms with Gasteiger partial charge in [0.15, 0.2) is 0 Å². The highest BCUT2D eigenvalue weighted by Gasteiger charge is 2.15. The van der Waals surface area contributed by atoms with Crippen LogP contribution in [0.25, 0.3) is 0 Å². The van der Waals surface area contributed by atoms with Gasteiger partial charge in [-0.25, -0.2) is 0 Å². The topological polar surface area (TPSA) is 12.0 Å². The molecule has 0 radical (unpaired) electrons. The molecule has 4 heteroatoms. The summed E-state index contributed by atoms with van der Waals surface area (Å²) in [6, 6.07) is 4.46. The molecule has 1 nitrogen and oxygen atoms in total. The maximum absolute atomic E-state index is 6.00. The second-order valence-corrected chi connectivity index (χ2v) is 6.72. The minimum atomic E-state index is 0.589. The monoisotopic (exact) mass is 379 g/mol. The van der Waals surface area contributed by atoms with Gasteiger partial charge in [0, 0.05) is 20.0 Å². The molecule has 1 N–H and O–H groups in total. The van der Waals surface area contributed by atoms with Crippen molar-refractivity contribution in [1.82, 2.24) is 0 Å². The summed E-state index contributed by atoms with van der Waals surface area (Å²) < 4.78 is 2.06. The van der Waals surface area contributed by atoms with Gasteiger partial charge >= 0.3 is 0 Å². The summed E-state index contributed by atoms with van der Waals surface area (Å²) in [6.45, 7) is 0. The van der Waals surface area contributed by atoms with Crippen LogP contribution in [0.1, 0.15) is 38.5 Å². The Labute approximate surface area is 125 Å². The molecule has 1 fully saturated rings. The van der Waals surface area contributed by atoms with Crippen molar-refractivity contribution >= 4 is 49.1 Å². The Morgan fingerprint density at radius 2 is 1.53 bits per heavy atom. The highest BCUT2D eigenvalue weighted by atomic mass is 79.9. The molecule has 0 spiro atoms. The Bertz CT molecular complexity index is 364. The third-order valence-electron chi connectivity index (χ3n) is 3.21. The summed E-state index contributed by atoms with van der Waals surface area (Å²) >= 11 is 13.1. The number of halogens is 3.